The predicted octanol–water partition coefficient (Wildman–Crippen LogP) is 3.38. The maximum atomic E-state index is 4.64. The minimum atomic E-state index is 0.448. The molecule has 1 saturated carbocycles. The average Bonchev–Trinajstić information content (AvgIpc) is 2.65. The number of pyridine rings is 1. The number of hydrogen-bond acceptors (Lipinski definition) is 3. The Morgan fingerprint density at radius 2 is 1.90 bits per heavy atom. The maximum absolute atomic E-state index is 4.64. The molecule has 0 aliphatic heterocycles. The standard InChI is InChI=1S/C18H31N3/c1-16-9-8-10-17(20-16)13-21(3)15-18(14-19-2)11-6-4-5-7-12-18/h8-10,19H,4-7,11-15H2,1-3H3. The molecule has 0 radical (unpaired) electrons. The van der Waals surface area contributed by atoms with E-state index in [9.17, 15) is 0 Å². The van der Waals surface area contributed by atoms with Crippen LogP contribution in [0, 0.1) is 12.3 Å². The molecule has 1 aliphatic carbocycles. The van der Waals surface area contributed by atoms with E-state index in [-0.39, 0.29) is 0 Å². The van der Waals surface area contributed by atoms with Crippen LogP contribution in [0.5, 0.6) is 0 Å². The maximum Gasteiger partial charge on any atom is 0.0547 e. The first-order valence-electron chi connectivity index (χ1n) is 8.39. The minimum absolute atomic E-state index is 0.448. The molecule has 3 nitrogen and oxygen atoms in total. The van der Waals surface area contributed by atoms with Crippen molar-refractivity contribution in [3.05, 3.63) is 29.6 Å². The molecule has 21 heavy (non-hydrogen) atoms. The second-order valence-corrected chi connectivity index (χ2v) is 6.89. The van der Waals surface area contributed by atoms with Crippen LogP contribution in [0.2, 0.25) is 0 Å². The Balaban J connectivity index is 1.98. The Labute approximate surface area is 130 Å². The molecule has 1 fully saturated rings. The van der Waals surface area contributed by atoms with Gasteiger partial charge in [0, 0.05) is 25.3 Å². The highest BCUT2D eigenvalue weighted by molar-refractivity contribution is 5.09. The molecule has 1 heterocycles. The van der Waals surface area contributed by atoms with Gasteiger partial charge in [-0.3, -0.25) is 9.88 Å². The third-order valence-corrected chi connectivity index (χ3v) is 4.70. The minimum Gasteiger partial charge on any atom is -0.319 e. The SMILES string of the molecule is CNCC1(CN(C)Cc2cccc(C)n2)CCCCCC1. The first kappa shape index (κ1) is 16.4. The van der Waals surface area contributed by atoms with Crippen molar-refractivity contribution in [3.63, 3.8) is 0 Å². The zero-order valence-corrected chi connectivity index (χ0v) is 14.0. The summed E-state index contributed by atoms with van der Waals surface area (Å²) < 4.78 is 0. The van der Waals surface area contributed by atoms with Crippen LogP contribution in [0.15, 0.2) is 18.2 Å². The molecule has 3 heteroatoms. The molecular formula is C18H31N3. The van der Waals surface area contributed by atoms with Gasteiger partial charge in [0.05, 0.1) is 5.69 Å². The fourth-order valence-corrected chi connectivity index (χ4v) is 3.84. The van der Waals surface area contributed by atoms with E-state index in [4.69, 9.17) is 0 Å². The van der Waals surface area contributed by atoms with Crippen LogP contribution in [-0.4, -0.2) is 37.1 Å². The van der Waals surface area contributed by atoms with Crippen LogP contribution in [0.4, 0.5) is 0 Å². The fraction of sp³-hybridized carbons (Fsp3) is 0.722. The highest BCUT2D eigenvalue weighted by Gasteiger charge is 2.31. The van der Waals surface area contributed by atoms with Crippen molar-refractivity contribution in [2.75, 3.05) is 27.2 Å². The van der Waals surface area contributed by atoms with E-state index in [1.54, 1.807) is 0 Å². The molecule has 118 valence electrons. The summed E-state index contributed by atoms with van der Waals surface area (Å²) in [6, 6.07) is 6.32. The average molecular weight is 289 g/mol. The van der Waals surface area contributed by atoms with Crippen molar-refractivity contribution >= 4 is 0 Å². The summed E-state index contributed by atoms with van der Waals surface area (Å²) in [6.07, 6.45) is 8.32. The predicted molar refractivity (Wildman–Crippen MR) is 89.4 cm³/mol. The molecule has 0 amide bonds. The van der Waals surface area contributed by atoms with Crippen molar-refractivity contribution in [1.82, 2.24) is 15.2 Å². The van der Waals surface area contributed by atoms with E-state index in [0.29, 0.717) is 5.41 Å². The van der Waals surface area contributed by atoms with Crippen molar-refractivity contribution in [3.8, 4) is 0 Å². The zero-order valence-electron chi connectivity index (χ0n) is 14.0. The molecule has 2 rings (SSSR count). The molecule has 1 aromatic rings. The number of aromatic nitrogens is 1. The molecule has 1 N–H and O–H groups in total. The van der Waals surface area contributed by atoms with Gasteiger partial charge in [0.1, 0.15) is 0 Å². The molecule has 0 saturated heterocycles. The Bertz CT molecular complexity index is 422. The molecule has 0 aromatic carbocycles. The highest BCUT2D eigenvalue weighted by atomic mass is 15.1. The van der Waals surface area contributed by atoms with Gasteiger partial charge in [-0.25, -0.2) is 0 Å². The number of aryl methyl sites for hydroxylation is 1. The van der Waals surface area contributed by atoms with E-state index < -0.39 is 0 Å². The van der Waals surface area contributed by atoms with Crippen molar-refractivity contribution < 1.29 is 0 Å². The second-order valence-electron chi connectivity index (χ2n) is 6.89. The quantitative estimate of drug-likeness (QED) is 0.814. The first-order valence-corrected chi connectivity index (χ1v) is 8.39. The van der Waals surface area contributed by atoms with E-state index >= 15 is 0 Å². The van der Waals surface area contributed by atoms with Crippen LogP contribution in [-0.2, 0) is 6.54 Å². The van der Waals surface area contributed by atoms with E-state index in [2.05, 4.69) is 54.4 Å². The fourth-order valence-electron chi connectivity index (χ4n) is 3.84. The summed E-state index contributed by atoms with van der Waals surface area (Å²) in [4.78, 5) is 7.10. The third-order valence-electron chi connectivity index (χ3n) is 4.70. The first-order chi connectivity index (χ1) is 10.1. The van der Waals surface area contributed by atoms with E-state index in [1.165, 1.54) is 50.8 Å². The number of nitrogens with zero attached hydrogens (tertiary/aromatic N) is 2. The highest BCUT2D eigenvalue weighted by Crippen LogP contribution is 2.35. The number of hydrogen-bond donors (Lipinski definition) is 1. The largest absolute Gasteiger partial charge is 0.319 e. The van der Waals surface area contributed by atoms with Gasteiger partial charge in [0.2, 0.25) is 0 Å². The van der Waals surface area contributed by atoms with Crippen molar-refractivity contribution in [2.45, 2.75) is 52.0 Å². The summed E-state index contributed by atoms with van der Waals surface area (Å²) in [7, 11) is 4.33. The lowest BCUT2D eigenvalue weighted by molar-refractivity contribution is 0.143. The van der Waals surface area contributed by atoms with Gasteiger partial charge < -0.3 is 5.32 Å². The van der Waals surface area contributed by atoms with Gasteiger partial charge in [0.15, 0.2) is 0 Å². The van der Waals surface area contributed by atoms with Crippen LogP contribution >= 0.6 is 0 Å². The lowest BCUT2D eigenvalue weighted by Crippen LogP contribution is -2.41. The summed E-state index contributed by atoms with van der Waals surface area (Å²) in [5.41, 5.74) is 2.75. The van der Waals surface area contributed by atoms with Crippen LogP contribution in [0.1, 0.15) is 49.9 Å². The van der Waals surface area contributed by atoms with Gasteiger partial charge in [-0.05, 0) is 51.4 Å². The number of rotatable bonds is 6. The summed E-state index contributed by atoms with van der Waals surface area (Å²) in [6.45, 7) is 5.33. The van der Waals surface area contributed by atoms with Crippen molar-refractivity contribution in [1.29, 1.82) is 0 Å². The van der Waals surface area contributed by atoms with Gasteiger partial charge in [-0.2, -0.15) is 0 Å². The summed E-state index contributed by atoms with van der Waals surface area (Å²) in [5, 5.41) is 3.44. The van der Waals surface area contributed by atoms with Crippen molar-refractivity contribution in [2.24, 2.45) is 5.41 Å². The van der Waals surface area contributed by atoms with E-state index in [0.717, 1.165) is 18.8 Å². The van der Waals surface area contributed by atoms with Gasteiger partial charge in [-0.1, -0.05) is 31.7 Å². The molecular weight excluding hydrogens is 258 g/mol. The molecule has 0 bridgehead atoms. The molecule has 0 unspecified atom stereocenters. The van der Waals surface area contributed by atoms with Crippen LogP contribution in [0.25, 0.3) is 0 Å². The monoisotopic (exact) mass is 289 g/mol. The smallest absolute Gasteiger partial charge is 0.0547 e. The molecule has 0 spiro atoms. The Morgan fingerprint density at radius 3 is 2.52 bits per heavy atom. The van der Waals surface area contributed by atoms with E-state index in [1.807, 2.05) is 0 Å². The zero-order chi connectivity index (χ0) is 15.1. The van der Waals surface area contributed by atoms with Gasteiger partial charge in [-0.15, -0.1) is 0 Å². The number of nitrogens with one attached hydrogen (secondary N) is 1. The lowest BCUT2D eigenvalue weighted by Gasteiger charge is -2.36. The topological polar surface area (TPSA) is 28.2 Å². The molecule has 1 aliphatic rings. The Hall–Kier alpha value is -0.930. The molecule has 0 atom stereocenters. The third kappa shape index (κ3) is 5.08. The normalized spacial score (nSPS) is 18.7. The second kappa shape index (κ2) is 7.90. The van der Waals surface area contributed by atoms with Gasteiger partial charge in [0.25, 0.3) is 0 Å². The van der Waals surface area contributed by atoms with Crippen LogP contribution in [0.3, 0.4) is 0 Å². The Morgan fingerprint density at radius 1 is 1.19 bits per heavy atom. The lowest BCUT2D eigenvalue weighted by atomic mass is 9.79. The summed E-state index contributed by atoms with van der Waals surface area (Å²) in [5.74, 6) is 0. The Kier molecular flexibility index (Phi) is 6.19. The molecule has 1 aromatic heterocycles. The van der Waals surface area contributed by atoms with Crippen LogP contribution < -0.4 is 5.32 Å². The van der Waals surface area contributed by atoms with Gasteiger partial charge >= 0.3 is 0 Å². The summed E-state index contributed by atoms with van der Waals surface area (Å²) >= 11 is 0.